The van der Waals surface area contributed by atoms with Crippen LogP contribution < -0.4 is 5.32 Å². The number of hydrogen-bond donors (Lipinski definition) is 1. The highest BCUT2D eigenvalue weighted by Gasteiger charge is 2.31. The summed E-state index contributed by atoms with van der Waals surface area (Å²) < 4.78 is 41.5. The standard InChI is InChI=1S/C14H18F3NO/c15-14(16,17)10-18-8-12-6-13(7-12)19-9-11-4-2-1-3-5-11/h1-5,12-13,18H,6-10H2. The monoisotopic (exact) mass is 273 g/mol. The molecule has 0 bridgehead atoms. The molecule has 1 N–H and O–H groups in total. The average Bonchev–Trinajstić information content (AvgIpc) is 2.31. The lowest BCUT2D eigenvalue weighted by Crippen LogP contribution is -2.40. The SMILES string of the molecule is FC(F)(F)CNCC1CC(OCc2ccccc2)C1. The maximum Gasteiger partial charge on any atom is 0.401 e. The van der Waals surface area contributed by atoms with Crippen molar-refractivity contribution in [3.8, 4) is 0 Å². The van der Waals surface area contributed by atoms with Gasteiger partial charge >= 0.3 is 6.18 Å². The molecule has 2 rings (SSSR count). The molecule has 19 heavy (non-hydrogen) atoms. The molecule has 0 radical (unpaired) electrons. The topological polar surface area (TPSA) is 21.3 Å². The van der Waals surface area contributed by atoms with Gasteiger partial charge in [0.2, 0.25) is 0 Å². The zero-order valence-electron chi connectivity index (χ0n) is 10.6. The molecular formula is C14H18F3NO. The minimum absolute atomic E-state index is 0.192. The van der Waals surface area contributed by atoms with Gasteiger partial charge in [-0.2, -0.15) is 13.2 Å². The molecule has 5 heteroatoms. The summed E-state index contributed by atoms with van der Waals surface area (Å²) in [6, 6.07) is 9.88. The third-order valence-corrected chi connectivity index (χ3v) is 3.28. The normalized spacial score (nSPS) is 23.1. The summed E-state index contributed by atoms with van der Waals surface area (Å²) in [6.07, 6.45) is -2.24. The lowest BCUT2D eigenvalue weighted by molar-refractivity contribution is -0.126. The number of hydrogen-bond acceptors (Lipinski definition) is 2. The number of alkyl halides is 3. The van der Waals surface area contributed by atoms with Crippen molar-refractivity contribution in [3.05, 3.63) is 35.9 Å². The van der Waals surface area contributed by atoms with Gasteiger partial charge in [0.25, 0.3) is 0 Å². The maximum absolute atomic E-state index is 11.9. The third-order valence-electron chi connectivity index (χ3n) is 3.28. The highest BCUT2D eigenvalue weighted by atomic mass is 19.4. The van der Waals surface area contributed by atoms with Gasteiger partial charge in [0.1, 0.15) is 0 Å². The van der Waals surface area contributed by atoms with Crippen LogP contribution in [0.1, 0.15) is 18.4 Å². The summed E-state index contributed by atoms with van der Waals surface area (Å²) in [6.45, 7) is 0.0952. The summed E-state index contributed by atoms with van der Waals surface area (Å²) in [7, 11) is 0. The van der Waals surface area contributed by atoms with Crippen molar-refractivity contribution >= 4 is 0 Å². The van der Waals surface area contributed by atoms with Crippen molar-refractivity contribution in [1.29, 1.82) is 0 Å². The molecular weight excluding hydrogens is 255 g/mol. The first kappa shape index (κ1) is 14.3. The fourth-order valence-electron chi connectivity index (χ4n) is 2.18. The van der Waals surface area contributed by atoms with Crippen molar-refractivity contribution < 1.29 is 17.9 Å². The number of halogens is 3. The molecule has 106 valence electrons. The van der Waals surface area contributed by atoms with E-state index < -0.39 is 12.7 Å². The molecule has 0 spiro atoms. The van der Waals surface area contributed by atoms with Crippen molar-refractivity contribution in [2.75, 3.05) is 13.1 Å². The number of rotatable bonds is 6. The van der Waals surface area contributed by atoms with Crippen LogP contribution in [0.3, 0.4) is 0 Å². The Morgan fingerprint density at radius 1 is 1.16 bits per heavy atom. The second-order valence-electron chi connectivity index (χ2n) is 5.00. The van der Waals surface area contributed by atoms with Crippen molar-refractivity contribution in [1.82, 2.24) is 5.32 Å². The Labute approximate surface area is 111 Å². The largest absolute Gasteiger partial charge is 0.401 e. The first-order valence-electron chi connectivity index (χ1n) is 6.46. The highest BCUT2D eigenvalue weighted by Crippen LogP contribution is 2.30. The van der Waals surface area contributed by atoms with E-state index in [2.05, 4.69) is 5.32 Å². The van der Waals surface area contributed by atoms with Gasteiger partial charge < -0.3 is 10.1 Å². The molecule has 1 aliphatic carbocycles. The second-order valence-corrected chi connectivity index (χ2v) is 5.00. The molecule has 0 atom stereocenters. The predicted molar refractivity (Wildman–Crippen MR) is 66.7 cm³/mol. The molecule has 0 aromatic heterocycles. The van der Waals surface area contributed by atoms with Crippen LogP contribution in [-0.4, -0.2) is 25.4 Å². The quantitative estimate of drug-likeness (QED) is 0.859. The van der Waals surface area contributed by atoms with Crippen LogP contribution in [0.4, 0.5) is 13.2 Å². The van der Waals surface area contributed by atoms with Gasteiger partial charge in [-0.15, -0.1) is 0 Å². The van der Waals surface area contributed by atoms with Crippen molar-refractivity contribution in [3.63, 3.8) is 0 Å². The molecule has 0 saturated heterocycles. The molecule has 0 heterocycles. The van der Waals surface area contributed by atoms with E-state index in [4.69, 9.17) is 4.74 Å². The minimum Gasteiger partial charge on any atom is -0.374 e. The van der Waals surface area contributed by atoms with E-state index in [1.165, 1.54) is 0 Å². The van der Waals surface area contributed by atoms with Crippen LogP contribution in [0.25, 0.3) is 0 Å². The molecule has 0 unspecified atom stereocenters. The van der Waals surface area contributed by atoms with Gasteiger partial charge in [-0.25, -0.2) is 0 Å². The van der Waals surface area contributed by atoms with E-state index in [1.54, 1.807) is 0 Å². The van der Waals surface area contributed by atoms with E-state index in [9.17, 15) is 13.2 Å². The number of nitrogens with one attached hydrogen (secondary N) is 1. The predicted octanol–water partition coefficient (Wildman–Crippen LogP) is 3.13. The minimum atomic E-state index is -4.12. The average molecular weight is 273 g/mol. The Morgan fingerprint density at radius 2 is 1.84 bits per heavy atom. The smallest absolute Gasteiger partial charge is 0.374 e. The van der Waals surface area contributed by atoms with Gasteiger partial charge in [0.05, 0.1) is 19.3 Å². The molecule has 1 aliphatic rings. The molecule has 2 nitrogen and oxygen atoms in total. The molecule has 1 aromatic rings. The molecule has 0 aliphatic heterocycles. The summed E-state index contributed by atoms with van der Waals surface area (Å²) in [5, 5.41) is 2.44. The Balaban J connectivity index is 1.54. The van der Waals surface area contributed by atoms with Gasteiger partial charge in [-0.1, -0.05) is 30.3 Å². The van der Waals surface area contributed by atoms with Gasteiger partial charge in [-0.3, -0.25) is 0 Å². The summed E-state index contributed by atoms with van der Waals surface area (Å²) in [4.78, 5) is 0. The van der Waals surface area contributed by atoms with E-state index in [1.807, 2.05) is 30.3 Å². The van der Waals surface area contributed by atoms with Crippen LogP contribution in [0.2, 0.25) is 0 Å². The van der Waals surface area contributed by atoms with Crippen LogP contribution in [0.5, 0.6) is 0 Å². The van der Waals surface area contributed by atoms with E-state index in [-0.39, 0.29) is 6.10 Å². The van der Waals surface area contributed by atoms with Crippen LogP contribution in [0, 0.1) is 5.92 Å². The molecule has 1 fully saturated rings. The van der Waals surface area contributed by atoms with Gasteiger partial charge in [-0.05, 0) is 30.9 Å². The molecule has 1 saturated carbocycles. The zero-order chi connectivity index (χ0) is 13.7. The number of ether oxygens (including phenoxy) is 1. The van der Waals surface area contributed by atoms with E-state index >= 15 is 0 Å². The Bertz CT molecular complexity index is 374. The summed E-state index contributed by atoms with van der Waals surface area (Å²) in [5.74, 6) is 0.308. The molecule has 1 aromatic carbocycles. The first-order valence-corrected chi connectivity index (χ1v) is 6.46. The lowest BCUT2D eigenvalue weighted by atomic mass is 9.82. The fraction of sp³-hybridized carbons (Fsp3) is 0.571. The summed E-state index contributed by atoms with van der Waals surface area (Å²) >= 11 is 0. The second kappa shape index (κ2) is 6.39. The Kier molecular flexibility index (Phi) is 4.82. The summed E-state index contributed by atoms with van der Waals surface area (Å²) in [5.41, 5.74) is 1.13. The van der Waals surface area contributed by atoms with Gasteiger partial charge in [0, 0.05) is 0 Å². The Morgan fingerprint density at radius 3 is 2.47 bits per heavy atom. The van der Waals surface area contributed by atoms with Gasteiger partial charge in [0.15, 0.2) is 0 Å². The Hall–Kier alpha value is -1.07. The maximum atomic E-state index is 11.9. The van der Waals surface area contributed by atoms with E-state index in [0.717, 1.165) is 18.4 Å². The molecule has 0 amide bonds. The fourth-order valence-corrected chi connectivity index (χ4v) is 2.18. The van der Waals surface area contributed by atoms with Crippen LogP contribution >= 0.6 is 0 Å². The third kappa shape index (κ3) is 5.20. The van der Waals surface area contributed by atoms with Crippen molar-refractivity contribution in [2.45, 2.75) is 31.7 Å². The number of benzene rings is 1. The zero-order valence-corrected chi connectivity index (χ0v) is 10.6. The van der Waals surface area contributed by atoms with Crippen molar-refractivity contribution in [2.24, 2.45) is 5.92 Å². The van der Waals surface area contributed by atoms with Crippen LogP contribution in [0.15, 0.2) is 30.3 Å². The first-order chi connectivity index (χ1) is 9.03. The highest BCUT2D eigenvalue weighted by molar-refractivity contribution is 5.13. The lowest BCUT2D eigenvalue weighted by Gasteiger charge is -2.35. The van der Waals surface area contributed by atoms with Crippen LogP contribution in [-0.2, 0) is 11.3 Å². The van der Waals surface area contributed by atoms with E-state index in [0.29, 0.717) is 19.1 Å².